The molecule has 0 amide bonds. The summed E-state index contributed by atoms with van der Waals surface area (Å²) in [6, 6.07) is 3.58. The first kappa shape index (κ1) is 22.1. The van der Waals surface area contributed by atoms with Crippen LogP contribution in [-0.4, -0.2) is 58.3 Å². The zero-order chi connectivity index (χ0) is 22.8. The first-order chi connectivity index (χ1) is 16.0. The fraction of sp³-hybridized carbons (Fsp3) is 0.500. The van der Waals surface area contributed by atoms with Gasteiger partial charge in [-0.15, -0.1) is 0 Å². The van der Waals surface area contributed by atoms with Crippen molar-refractivity contribution >= 4 is 17.0 Å². The van der Waals surface area contributed by atoms with E-state index in [4.69, 9.17) is 4.74 Å². The van der Waals surface area contributed by atoms with Gasteiger partial charge < -0.3 is 25.3 Å². The lowest BCUT2D eigenvalue weighted by Gasteiger charge is -2.25. The molecule has 3 N–H and O–H groups in total. The van der Waals surface area contributed by atoms with E-state index in [9.17, 15) is 13.2 Å². The minimum atomic E-state index is -4.60. The largest absolute Gasteiger partial charge is 0.419 e. The van der Waals surface area contributed by atoms with E-state index in [2.05, 4.69) is 30.9 Å². The van der Waals surface area contributed by atoms with Gasteiger partial charge in [-0.1, -0.05) is 0 Å². The van der Waals surface area contributed by atoms with E-state index < -0.39 is 11.7 Å². The van der Waals surface area contributed by atoms with E-state index >= 15 is 0 Å². The van der Waals surface area contributed by atoms with Crippen LogP contribution < -0.4 is 16.0 Å². The molecule has 2 aliphatic heterocycles. The number of alkyl halides is 3. The number of fused-ring (bicyclic) bond motifs is 1. The van der Waals surface area contributed by atoms with Crippen molar-refractivity contribution in [2.75, 3.05) is 38.1 Å². The Morgan fingerprint density at radius 1 is 1.12 bits per heavy atom. The monoisotopic (exact) mass is 461 g/mol. The summed E-state index contributed by atoms with van der Waals surface area (Å²) in [5, 5.41) is 10.4. The summed E-state index contributed by atoms with van der Waals surface area (Å²) in [5.74, 6) is 0.199. The zero-order valence-corrected chi connectivity index (χ0v) is 18.0. The topological polar surface area (TPSA) is 88.9 Å². The standard InChI is InChI=1S/C22H26F3N7O/c23-22(24,25)17-11-29-21(30-14-3-1-6-26-8-5-14)31-19(17)16-13-32(18-12-27-9-10-33-18)20-15(16)4-2-7-28-20/h2,4,7,11,13-14,18,26-27H,1,3,5-6,8-10,12H2,(H,29,30,31). The van der Waals surface area contributed by atoms with E-state index in [1.165, 1.54) is 0 Å². The molecule has 5 rings (SSSR count). The molecule has 0 radical (unpaired) electrons. The summed E-state index contributed by atoms with van der Waals surface area (Å²) in [6.07, 6.45) is 1.94. The number of nitrogens with zero attached hydrogens (tertiary/aromatic N) is 4. The van der Waals surface area contributed by atoms with E-state index in [1.54, 1.807) is 29.1 Å². The Morgan fingerprint density at radius 2 is 2.03 bits per heavy atom. The molecular weight excluding hydrogens is 435 g/mol. The van der Waals surface area contributed by atoms with Gasteiger partial charge in [-0.2, -0.15) is 13.2 Å². The Morgan fingerprint density at radius 3 is 2.85 bits per heavy atom. The Kier molecular flexibility index (Phi) is 6.17. The van der Waals surface area contributed by atoms with Crippen LogP contribution in [0, 0.1) is 0 Å². The number of morpholine rings is 1. The summed E-state index contributed by atoms with van der Waals surface area (Å²) in [5.41, 5.74) is -0.127. The van der Waals surface area contributed by atoms with E-state index in [1.807, 2.05) is 0 Å². The first-order valence-corrected chi connectivity index (χ1v) is 11.2. The number of hydrogen-bond acceptors (Lipinski definition) is 7. The van der Waals surface area contributed by atoms with Gasteiger partial charge >= 0.3 is 6.18 Å². The number of nitrogens with one attached hydrogen (secondary N) is 3. The highest BCUT2D eigenvalue weighted by atomic mass is 19.4. The van der Waals surface area contributed by atoms with Crippen molar-refractivity contribution in [1.82, 2.24) is 30.2 Å². The summed E-state index contributed by atoms with van der Waals surface area (Å²) in [6.45, 7) is 3.56. The fourth-order valence-corrected chi connectivity index (χ4v) is 4.43. The molecule has 2 atom stereocenters. The molecule has 2 saturated heterocycles. The van der Waals surface area contributed by atoms with Gasteiger partial charge in [0.2, 0.25) is 5.95 Å². The fourth-order valence-electron chi connectivity index (χ4n) is 4.43. The number of ether oxygens (including phenoxy) is 1. The molecule has 2 aliphatic rings. The molecule has 0 spiro atoms. The van der Waals surface area contributed by atoms with Crippen molar-refractivity contribution in [2.24, 2.45) is 0 Å². The van der Waals surface area contributed by atoms with Crippen LogP contribution >= 0.6 is 0 Å². The highest BCUT2D eigenvalue weighted by molar-refractivity contribution is 5.94. The van der Waals surface area contributed by atoms with Crippen LogP contribution in [0.15, 0.2) is 30.7 Å². The van der Waals surface area contributed by atoms with E-state index in [0.29, 0.717) is 29.7 Å². The quantitative estimate of drug-likeness (QED) is 0.550. The number of rotatable bonds is 4. The maximum absolute atomic E-state index is 14.0. The highest BCUT2D eigenvalue weighted by Gasteiger charge is 2.37. The average Bonchev–Trinajstić information content (AvgIpc) is 3.01. The molecule has 0 aromatic carbocycles. The van der Waals surface area contributed by atoms with Gasteiger partial charge in [0.25, 0.3) is 0 Å². The summed E-state index contributed by atoms with van der Waals surface area (Å²) in [4.78, 5) is 12.8. The maximum Gasteiger partial charge on any atom is 0.419 e. The molecule has 0 bridgehead atoms. The third kappa shape index (κ3) is 4.66. The van der Waals surface area contributed by atoms with Gasteiger partial charge in [-0.25, -0.2) is 15.0 Å². The summed E-state index contributed by atoms with van der Waals surface area (Å²) >= 11 is 0. The lowest BCUT2D eigenvalue weighted by atomic mass is 10.1. The van der Waals surface area contributed by atoms with Crippen LogP contribution in [0.5, 0.6) is 0 Å². The number of aromatic nitrogens is 4. The van der Waals surface area contributed by atoms with Crippen molar-refractivity contribution in [3.63, 3.8) is 0 Å². The SMILES string of the molecule is FC(F)(F)c1cnc(NC2CCCNCC2)nc1-c1cn(C2CNCCO2)c2ncccc12. The molecule has 0 saturated carbocycles. The summed E-state index contributed by atoms with van der Waals surface area (Å²) in [7, 11) is 0. The minimum absolute atomic E-state index is 0.106. The van der Waals surface area contributed by atoms with Crippen LogP contribution in [-0.2, 0) is 10.9 Å². The lowest BCUT2D eigenvalue weighted by molar-refractivity contribution is -0.137. The van der Waals surface area contributed by atoms with Gasteiger partial charge in [-0.05, 0) is 44.5 Å². The number of pyridine rings is 1. The van der Waals surface area contributed by atoms with Crippen molar-refractivity contribution in [3.05, 3.63) is 36.3 Å². The Bertz CT molecular complexity index is 1100. The molecule has 8 nitrogen and oxygen atoms in total. The van der Waals surface area contributed by atoms with E-state index in [0.717, 1.165) is 45.1 Å². The molecule has 5 heterocycles. The molecule has 11 heteroatoms. The minimum Gasteiger partial charge on any atom is -0.355 e. The van der Waals surface area contributed by atoms with Gasteiger partial charge in [0, 0.05) is 48.7 Å². The Hall–Kier alpha value is -2.76. The third-order valence-corrected chi connectivity index (χ3v) is 6.07. The maximum atomic E-state index is 14.0. The predicted octanol–water partition coefficient (Wildman–Crippen LogP) is 3.18. The number of anilines is 1. The molecule has 33 heavy (non-hydrogen) atoms. The average molecular weight is 461 g/mol. The second-order valence-electron chi connectivity index (χ2n) is 8.33. The Labute approximate surface area is 189 Å². The molecule has 2 fully saturated rings. The Balaban J connectivity index is 1.59. The summed E-state index contributed by atoms with van der Waals surface area (Å²) < 4.78 is 49.5. The smallest absolute Gasteiger partial charge is 0.355 e. The van der Waals surface area contributed by atoms with Crippen LogP contribution in [0.2, 0.25) is 0 Å². The normalized spacial score (nSPS) is 22.3. The van der Waals surface area contributed by atoms with Crippen molar-refractivity contribution < 1.29 is 17.9 Å². The van der Waals surface area contributed by atoms with E-state index in [-0.39, 0.29) is 23.9 Å². The van der Waals surface area contributed by atoms with Crippen molar-refractivity contribution in [3.8, 4) is 11.3 Å². The lowest BCUT2D eigenvalue weighted by Crippen LogP contribution is -2.36. The predicted molar refractivity (Wildman–Crippen MR) is 118 cm³/mol. The van der Waals surface area contributed by atoms with Crippen LogP contribution in [0.25, 0.3) is 22.3 Å². The van der Waals surface area contributed by atoms with Crippen LogP contribution in [0.4, 0.5) is 19.1 Å². The number of halogens is 3. The van der Waals surface area contributed by atoms with Crippen molar-refractivity contribution in [1.29, 1.82) is 0 Å². The van der Waals surface area contributed by atoms with Crippen LogP contribution in [0.3, 0.4) is 0 Å². The second-order valence-corrected chi connectivity index (χ2v) is 8.33. The van der Waals surface area contributed by atoms with Crippen molar-refractivity contribution in [2.45, 2.75) is 37.7 Å². The van der Waals surface area contributed by atoms with Gasteiger partial charge in [0.1, 0.15) is 17.4 Å². The highest BCUT2D eigenvalue weighted by Crippen LogP contribution is 2.39. The third-order valence-electron chi connectivity index (χ3n) is 6.07. The van der Waals surface area contributed by atoms with Gasteiger partial charge in [0.15, 0.2) is 0 Å². The van der Waals surface area contributed by atoms with Gasteiger partial charge in [-0.3, -0.25) is 0 Å². The molecule has 3 aromatic rings. The molecule has 3 aromatic heterocycles. The van der Waals surface area contributed by atoms with Crippen LogP contribution in [0.1, 0.15) is 31.1 Å². The van der Waals surface area contributed by atoms with Gasteiger partial charge in [0.05, 0.1) is 12.3 Å². The molecular formula is C22H26F3N7O. The molecule has 2 unspecified atom stereocenters. The zero-order valence-electron chi connectivity index (χ0n) is 18.0. The number of hydrogen-bond donors (Lipinski definition) is 3. The first-order valence-electron chi connectivity index (χ1n) is 11.2. The molecule has 176 valence electrons. The molecule has 0 aliphatic carbocycles. The second kappa shape index (κ2) is 9.24.